The van der Waals surface area contributed by atoms with E-state index in [-0.39, 0.29) is 0 Å². The molecule has 4 nitrogen and oxygen atoms in total. The van der Waals surface area contributed by atoms with Crippen LogP contribution in [0.2, 0.25) is 0 Å². The molecule has 0 bridgehead atoms. The van der Waals surface area contributed by atoms with Crippen LogP contribution in [0.5, 0.6) is 0 Å². The summed E-state index contributed by atoms with van der Waals surface area (Å²) in [6, 6.07) is 0. The molecular weight excluding hydrogens is 228 g/mol. The second-order valence-corrected chi connectivity index (χ2v) is 6.09. The minimum Gasteiger partial charge on any atom is -0.389 e. The lowest BCUT2D eigenvalue weighted by Crippen LogP contribution is -2.50. The molecule has 1 aliphatic heterocycles. The predicted molar refractivity (Wildman–Crippen MR) is 73.7 cm³/mol. The van der Waals surface area contributed by atoms with Crippen molar-refractivity contribution in [2.24, 2.45) is 0 Å². The molecule has 0 unspecified atom stereocenters. The van der Waals surface area contributed by atoms with Crippen molar-refractivity contribution >= 4 is 5.78 Å². The molecule has 0 radical (unpaired) electrons. The Morgan fingerprint density at radius 3 is 2.17 bits per heavy atom. The fourth-order valence-corrected chi connectivity index (χ4v) is 2.43. The second kappa shape index (κ2) is 7.22. The number of ketones is 1. The summed E-state index contributed by atoms with van der Waals surface area (Å²) in [5.41, 5.74) is -0.594. The number of β-amino-alcohol motifs (C(OH)–C–C–N with tert-alkyl or cyclic N) is 1. The van der Waals surface area contributed by atoms with E-state index in [9.17, 15) is 9.90 Å². The summed E-state index contributed by atoms with van der Waals surface area (Å²) in [5, 5.41) is 9.77. The number of hydrogen-bond donors (Lipinski definition) is 1. The normalized spacial score (nSPS) is 19.1. The minimum absolute atomic E-state index is 0.296. The van der Waals surface area contributed by atoms with Crippen LogP contribution in [0.3, 0.4) is 0 Å². The minimum atomic E-state index is -0.594. The summed E-state index contributed by atoms with van der Waals surface area (Å²) in [7, 11) is 0. The first-order valence-electron chi connectivity index (χ1n) is 7.03. The van der Waals surface area contributed by atoms with Gasteiger partial charge in [0.05, 0.1) is 5.60 Å². The molecule has 1 N–H and O–H groups in total. The third kappa shape index (κ3) is 7.09. The molecule has 0 aromatic carbocycles. The molecule has 1 fully saturated rings. The first-order valence-corrected chi connectivity index (χ1v) is 7.03. The molecule has 1 heterocycles. The molecule has 4 heteroatoms. The number of carbonyl (C=O) groups excluding carboxylic acids is 1. The highest BCUT2D eigenvalue weighted by Crippen LogP contribution is 2.09. The van der Waals surface area contributed by atoms with Crippen LogP contribution in [0.1, 0.15) is 40.0 Å². The zero-order valence-electron chi connectivity index (χ0n) is 12.1. The average molecular weight is 256 g/mol. The smallest absolute Gasteiger partial charge is 0.129 e. The van der Waals surface area contributed by atoms with E-state index in [4.69, 9.17) is 0 Å². The highest BCUT2D eigenvalue weighted by Gasteiger charge is 2.22. The Balaban J connectivity index is 2.10. The summed E-state index contributed by atoms with van der Waals surface area (Å²) in [4.78, 5) is 15.6. The Bertz CT molecular complexity index is 253. The Morgan fingerprint density at radius 2 is 1.67 bits per heavy atom. The van der Waals surface area contributed by atoms with Crippen LogP contribution in [0.25, 0.3) is 0 Å². The van der Waals surface area contributed by atoms with Gasteiger partial charge in [0.15, 0.2) is 0 Å². The summed E-state index contributed by atoms with van der Waals surface area (Å²) in [6.07, 6.45) is 2.85. The van der Waals surface area contributed by atoms with E-state index in [0.29, 0.717) is 5.78 Å². The van der Waals surface area contributed by atoms with Crippen LogP contribution in [0.4, 0.5) is 0 Å². The van der Waals surface area contributed by atoms with Gasteiger partial charge in [-0.1, -0.05) is 0 Å². The fourth-order valence-electron chi connectivity index (χ4n) is 2.43. The molecule has 18 heavy (non-hydrogen) atoms. The third-order valence-corrected chi connectivity index (χ3v) is 3.33. The van der Waals surface area contributed by atoms with Crippen LogP contribution in [0, 0.1) is 0 Å². The molecule has 1 saturated heterocycles. The van der Waals surface area contributed by atoms with Gasteiger partial charge in [-0.15, -0.1) is 0 Å². The van der Waals surface area contributed by atoms with Crippen molar-refractivity contribution in [1.29, 1.82) is 0 Å². The lowest BCUT2D eigenvalue weighted by atomic mass is 10.1. The molecule has 0 aromatic rings. The molecule has 1 aliphatic rings. The summed E-state index contributed by atoms with van der Waals surface area (Å²) in [6.45, 7) is 11.5. The number of unbranched alkanes of at least 4 members (excludes halogenated alkanes) is 1. The summed E-state index contributed by atoms with van der Waals surface area (Å²) < 4.78 is 0. The largest absolute Gasteiger partial charge is 0.389 e. The molecule has 0 amide bonds. The van der Waals surface area contributed by atoms with Crippen molar-refractivity contribution in [2.45, 2.75) is 45.6 Å². The van der Waals surface area contributed by atoms with Gasteiger partial charge in [-0.2, -0.15) is 0 Å². The second-order valence-electron chi connectivity index (χ2n) is 6.09. The number of rotatable bonds is 7. The van der Waals surface area contributed by atoms with Crippen LogP contribution in [-0.2, 0) is 4.79 Å². The van der Waals surface area contributed by atoms with E-state index in [1.54, 1.807) is 6.92 Å². The Labute approximate surface area is 111 Å². The molecule has 0 aliphatic carbocycles. The third-order valence-electron chi connectivity index (χ3n) is 3.33. The molecule has 0 aromatic heterocycles. The van der Waals surface area contributed by atoms with Crippen molar-refractivity contribution in [3.63, 3.8) is 0 Å². The van der Waals surface area contributed by atoms with E-state index in [0.717, 1.165) is 58.5 Å². The lowest BCUT2D eigenvalue weighted by molar-refractivity contribution is -0.117. The Hall–Kier alpha value is -0.450. The van der Waals surface area contributed by atoms with E-state index in [1.165, 1.54) is 0 Å². The zero-order chi connectivity index (χ0) is 13.6. The molecule has 106 valence electrons. The van der Waals surface area contributed by atoms with Crippen molar-refractivity contribution in [3.05, 3.63) is 0 Å². The standard InChI is InChI=1S/C14H28N2O2/c1-13(17)6-4-5-7-15-8-10-16(11-9-15)12-14(2,3)18/h18H,4-12H2,1-3H3. The highest BCUT2D eigenvalue weighted by atomic mass is 16.3. The highest BCUT2D eigenvalue weighted by molar-refractivity contribution is 5.75. The summed E-state index contributed by atoms with van der Waals surface area (Å²) in [5.74, 6) is 0.296. The quantitative estimate of drug-likeness (QED) is 0.694. The maximum Gasteiger partial charge on any atom is 0.129 e. The molecule has 0 atom stereocenters. The van der Waals surface area contributed by atoms with E-state index >= 15 is 0 Å². The topological polar surface area (TPSA) is 43.8 Å². The monoisotopic (exact) mass is 256 g/mol. The zero-order valence-corrected chi connectivity index (χ0v) is 12.1. The van der Waals surface area contributed by atoms with Gasteiger partial charge < -0.3 is 14.8 Å². The number of carbonyl (C=O) groups is 1. The summed E-state index contributed by atoms with van der Waals surface area (Å²) >= 11 is 0. The van der Waals surface area contributed by atoms with Crippen LogP contribution in [-0.4, -0.2) is 65.6 Å². The maximum atomic E-state index is 10.8. The number of Topliss-reactive ketones (excluding diaryl/α,β-unsaturated/α-hetero) is 1. The lowest BCUT2D eigenvalue weighted by Gasteiger charge is -2.37. The first-order chi connectivity index (χ1) is 8.37. The van der Waals surface area contributed by atoms with Gasteiger partial charge in [-0.05, 0) is 40.2 Å². The van der Waals surface area contributed by atoms with Gasteiger partial charge in [0.2, 0.25) is 0 Å². The van der Waals surface area contributed by atoms with Gasteiger partial charge in [-0.3, -0.25) is 4.90 Å². The number of nitrogens with zero attached hydrogens (tertiary/aromatic N) is 2. The van der Waals surface area contributed by atoms with Crippen molar-refractivity contribution in [3.8, 4) is 0 Å². The molecule has 0 spiro atoms. The van der Waals surface area contributed by atoms with E-state index < -0.39 is 5.60 Å². The van der Waals surface area contributed by atoms with Crippen LogP contribution < -0.4 is 0 Å². The van der Waals surface area contributed by atoms with E-state index in [1.807, 2.05) is 13.8 Å². The Kier molecular flexibility index (Phi) is 6.26. The van der Waals surface area contributed by atoms with E-state index in [2.05, 4.69) is 9.80 Å². The van der Waals surface area contributed by atoms with Gasteiger partial charge in [0.25, 0.3) is 0 Å². The van der Waals surface area contributed by atoms with Gasteiger partial charge in [0.1, 0.15) is 5.78 Å². The predicted octanol–water partition coefficient (Wildman–Crippen LogP) is 1.13. The number of aliphatic hydroxyl groups is 1. The van der Waals surface area contributed by atoms with Crippen molar-refractivity contribution < 1.29 is 9.90 Å². The van der Waals surface area contributed by atoms with Gasteiger partial charge in [-0.25, -0.2) is 0 Å². The fraction of sp³-hybridized carbons (Fsp3) is 0.929. The Morgan fingerprint density at radius 1 is 1.11 bits per heavy atom. The number of piperazine rings is 1. The average Bonchev–Trinajstić information content (AvgIpc) is 2.24. The SMILES string of the molecule is CC(=O)CCCCN1CCN(CC(C)(C)O)CC1. The number of hydrogen-bond acceptors (Lipinski definition) is 4. The van der Waals surface area contributed by atoms with Gasteiger partial charge in [0, 0.05) is 39.1 Å². The van der Waals surface area contributed by atoms with Crippen molar-refractivity contribution in [1.82, 2.24) is 9.80 Å². The van der Waals surface area contributed by atoms with Crippen molar-refractivity contribution in [2.75, 3.05) is 39.3 Å². The van der Waals surface area contributed by atoms with Crippen LogP contribution >= 0.6 is 0 Å². The molecular formula is C14H28N2O2. The first kappa shape index (κ1) is 15.6. The molecule has 1 rings (SSSR count). The maximum absolute atomic E-state index is 10.8. The molecule has 0 saturated carbocycles. The van der Waals surface area contributed by atoms with Gasteiger partial charge >= 0.3 is 0 Å². The van der Waals surface area contributed by atoms with Crippen LogP contribution in [0.15, 0.2) is 0 Å².